The Hall–Kier alpha value is -2.01. The molecule has 2 aromatic heterocycles. The van der Waals surface area contributed by atoms with Gasteiger partial charge in [-0.15, -0.1) is 11.3 Å². The lowest BCUT2D eigenvalue weighted by atomic mass is 10.2. The number of nitrogens with one attached hydrogen (secondary N) is 1. The minimum atomic E-state index is -3.58. The van der Waals surface area contributed by atoms with Crippen molar-refractivity contribution in [3.63, 3.8) is 0 Å². The molecule has 30 heavy (non-hydrogen) atoms. The summed E-state index contributed by atoms with van der Waals surface area (Å²) in [6.07, 6.45) is 4.83. The SMILES string of the molecule is Cc1ccc(NC(=O)CSc2ncnc3sc4c(c23)CCC4)cc1S(=O)(=O)N(C)C. The molecule has 0 unspecified atom stereocenters. The normalized spacial score (nSPS) is 13.7. The van der Waals surface area contributed by atoms with Crippen molar-refractivity contribution in [1.29, 1.82) is 0 Å². The third kappa shape index (κ3) is 3.96. The molecule has 0 aliphatic heterocycles. The number of benzene rings is 1. The number of hydrogen-bond acceptors (Lipinski definition) is 7. The zero-order valence-corrected chi connectivity index (χ0v) is 19.4. The van der Waals surface area contributed by atoms with Gasteiger partial charge < -0.3 is 5.32 Å². The highest BCUT2D eigenvalue weighted by molar-refractivity contribution is 8.00. The molecule has 2 heterocycles. The number of thioether (sulfide) groups is 1. The molecule has 1 aliphatic rings. The zero-order valence-electron chi connectivity index (χ0n) is 16.9. The van der Waals surface area contributed by atoms with Gasteiger partial charge in [0.15, 0.2) is 0 Å². The van der Waals surface area contributed by atoms with Crippen LogP contribution in [0, 0.1) is 6.92 Å². The maximum Gasteiger partial charge on any atom is 0.242 e. The van der Waals surface area contributed by atoms with Gasteiger partial charge in [0.2, 0.25) is 15.9 Å². The smallest absolute Gasteiger partial charge is 0.242 e. The first-order valence-corrected chi connectivity index (χ1v) is 12.7. The number of carbonyl (C=O) groups excluding carboxylic acids is 1. The van der Waals surface area contributed by atoms with E-state index in [1.165, 1.54) is 42.4 Å². The van der Waals surface area contributed by atoms with E-state index in [1.807, 2.05) is 0 Å². The summed E-state index contributed by atoms with van der Waals surface area (Å²) in [6.45, 7) is 1.73. The Bertz CT molecular complexity index is 1240. The van der Waals surface area contributed by atoms with Crippen molar-refractivity contribution < 1.29 is 13.2 Å². The number of carbonyl (C=O) groups is 1. The summed E-state index contributed by atoms with van der Waals surface area (Å²) in [5, 5.41) is 4.72. The number of rotatable bonds is 6. The average Bonchev–Trinajstić information content (AvgIpc) is 3.28. The molecule has 0 bridgehead atoms. The zero-order chi connectivity index (χ0) is 21.5. The molecule has 1 aromatic carbocycles. The van der Waals surface area contributed by atoms with Crippen LogP contribution in [0.25, 0.3) is 10.2 Å². The first-order chi connectivity index (χ1) is 14.3. The van der Waals surface area contributed by atoms with E-state index in [1.54, 1.807) is 36.7 Å². The minimum absolute atomic E-state index is 0.181. The molecule has 7 nitrogen and oxygen atoms in total. The fraction of sp³-hybridized carbons (Fsp3) is 0.350. The van der Waals surface area contributed by atoms with Crippen LogP contribution >= 0.6 is 23.1 Å². The number of anilines is 1. The Morgan fingerprint density at radius 2 is 2.07 bits per heavy atom. The Morgan fingerprint density at radius 1 is 1.27 bits per heavy atom. The van der Waals surface area contributed by atoms with Crippen LogP contribution in [0.3, 0.4) is 0 Å². The first-order valence-electron chi connectivity index (χ1n) is 9.48. The largest absolute Gasteiger partial charge is 0.325 e. The van der Waals surface area contributed by atoms with Crippen LogP contribution in [0.15, 0.2) is 34.4 Å². The average molecular weight is 463 g/mol. The third-order valence-electron chi connectivity index (χ3n) is 5.04. The van der Waals surface area contributed by atoms with Gasteiger partial charge >= 0.3 is 0 Å². The van der Waals surface area contributed by atoms with Crippen molar-refractivity contribution in [3.05, 3.63) is 40.5 Å². The van der Waals surface area contributed by atoms with Crippen LogP contribution in [0.2, 0.25) is 0 Å². The van der Waals surface area contributed by atoms with Gasteiger partial charge in [-0.3, -0.25) is 4.79 Å². The summed E-state index contributed by atoms with van der Waals surface area (Å²) < 4.78 is 26.1. The second-order valence-corrected chi connectivity index (χ2v) is 11.5. The molecule has 158 valence electrons. The predicted octanol–water partition coefficient (Wildman–Crippen LogP) is 3.47. The summed E-state index contributed by atoms with van der Waals surface area (Å²) in [5.41, 5.74) is 2.41. The number of thiophene rings is 1. The van der Waals surface area contributed by atoms with Gasteiger partial charge in [0, 0.05) is 30.0 Å². The number of nitrogens with zero attached hydrogens (tertiary/aromatic N) is 3. The molecule has 10 heteroatoms. The molecule has 0 radical (unpaired) electrons. The monoisotopic (exact) mass is 462 g/mol. The first kappa shape index (κ1) is 21.2. The molecule has 0 saturated heterocycles. The highest BCUT2D eigenvalue weighted by atomic mass is 32.2. The Kier molecular flexibility index (Phi) is 5.84. The highest BCUT2D eigenvalue weighted by Crippen LogP contribution is 2.40. The summed E-state index contributed by atoms with van der Waals surface area (Å²) in [4.78, 5) is 23.9. The second-order valence-electron chi connectivity index (χ2n) is 7.32. The maximum atomic E-state index is 12.5. The van der Waals surface area contributed by atoms with Crippen molar-refractivity contribution in [3.8, 4) is 0 Å². The molecule has 4 rings (SSSR count). The molecular formula is C20H22N4O3S3. The highest BCUT2D eigenvalue weighted by Gasteiger charge is 2.22. The van der Waals surface area contributed by atoms with Crippen molar-refractivity contribution >= 4 is 54.9 Å². The summed E-state index contributed by atoms with van der Waals surface area (Å²) in [7, 11) is -0.611. The lowest BCUT2D eigenvalue weighted by molar-refractivity contribution is -0.113. The van der Waals surface area contributed by atoms with Crippen molar-refractivity contribution in [2.75, 3.05) is 25.2 Å². The summed E-state index contributed by atoms with van der Waals surface area (Å²) in [5.74, 6) is -0.0314. The van der Waals surface area contributed by atoms with E-state index >= 15 is 0 Å². The van der Waals surface area contributed by atoms with E-state index in [2.05, 4.69) is 15.3 Å². The fourth-order valence-electron chi connectivity index (χ4n) is 3.49. The molecule has 0 atom stereocenters. The van der Waals surface area contributed by atoms with Crippen LogP contribution in [-0.2, 0) is 27.7 Å². The van der Waals surface area contributed by atoms with Gasteiger partial charge in [-0.1, -0.05) is 17.8 Å². The van der Waals surface area contributed by atoms with E-state index in [0.29, 0.717) is 11.3 Å². The number of aryl methyl sites for hydroxylation is 3. The quantitative estimate of drug-likeness (QED) is 0.445. The standard InChI is InChI=1S/C20H22N4O3S3/c1-12-7-8-13(9-16(12)30(26,27)24(2)3)23-17(25)10-28-19-18-14-5-4-6-15(14)29-20(18)22-11-21-19/h7-9,11H,4-6,10H2,1-3H3,(H,23,25). The third-order valence-corrected chi connectivity index (χ3v) is 9.18. The summed E-state index contributed by atoms with van der Waals surface area (Å²) in [6, 6.07) is 4.91. The molecule has 0 fully saturated rings. The minimum Gasteiger partial charge on any atom is -0.325 e. The van der Waals surface area contributed by atoms with Crippen molar-refractivity contribution in [1.82, 2.24) is 14.3 Å². The Morgan fingerprint density at radius 3 is 2.83 bits per heavy atom. The van der Waals surface area contributed by atoms with E-state index in [4.69, 9.17) is 0 Å². The van der Waals surface area contributed by atoms with Crippen LogP contribution < -0.4 is 5.32 Å². The molecule has 0 saturated carbocycles. The van der Waals surface area contributed by atoms with E-state index < -0.39 is 10.0 Å². The van der Waals surface area contributed by atoms with Crippen molar-refractivity contribution in [2.45, 2.75) is 36.1 Å². The lowest BCUT2D eigenvalue weighted by Crippen LogP contribution is -2.23. The van der Waals surface area contributed by atoms with E-state index in [9.17, 15) is 13.2 Å². The van der Waals surface area contributed by atoms with Crippen LogP contribution in [0.1, 0.15) is 22.4 Å². The second kappa shape index (κ2) is 8.26. The number of aromatic nitrogens is 2. The topological polar surface area (TPSA) is 92.3 Å². The van der Waals surface area contributed by atoms with Gasteiger partial charge in [0.05, 0.1) is 10.6 Å². The summed E-state index contributed by atoms with van der Waals surface area (Å²) >= 11 is 3.10. The molecule has 3 aromatic rings. The molecule has 1 N–H and O–H groups in total. The fourth-order valence-corrected chi connectivity index (χ4v) is 6.76. The number of hydrogen-bond donors (Lipinski definition) is 1. The van der Waals surface area contributed by atoms with Gasteiger partial charge in [0.1, 0.15) is 16.2 Å². The predicted molar refractivity (Wildman–Crippen MR) is 121 cm³/mol. The van der Waals surface area contributed by atoms with Crippen LogP contribution in [0.5, 0.6) is 0 Å². The number of sulfonamides is 1. The van der Waals surface area contributed by atoms with E-state index in [0.717, 1.165) is 38.8 Å². The molecule has 0 spiro atoms. The van der Waals surface area contributed by atoms with Gasteiger partial charge in [-0.25, -0.2) is 22.7 Å². The molecule has 1 amide bonds. The van der Waals surface area contributed by atoms with Crippen molar-refractivity contribution in [2.24, 2.45) is 0 Å². The number of fused-ring (bicyclic) bond motifs is 3. The Balaban J connectivity index is 1.50. The van der Waals surface area contributed by atoms with Crippen LogP contribution in [-0.4, -0.2) is 48.4 Å². The van der Waals surface area contributed by atoms with Crippen LogP contribution in [0.4, 0.5) is 5.69 Å². The molecule has 1 aliphatic carbocycles. The van der Waals surface area contributed by atoms with Gasteiger partial charge in [-0.2, -0.15) is 0 Å². The van der Waals surface area contributed by atoms with Gasteiger partial charge in [-0.05, 0) is 49.4 Å². The van der Waals surface area contributed by atoms with Gasteiger partial charge in [0.25, 0.3) is 0 Å². The Labute approximate surface area is 184 Å². The number of amides is 1. The maximum absolute atomic E-state index is 12.5. The molecular weight excluding hydrogens is 440 g/mol. The van der Waals surface area contributed by atoms with E-state index in [-0.39, 0.29) is 16.6 Å². The lowest BCUT2D eigenvalue weighted by Gasteiger charge is -2.15.